The van der Waals surface area contributed by atoms with Gasteiger partial charge in [0.25, 0.3) is 5.91 Å². The summed E-state index contributed by atoms with van der Waals surface area (Å²) in [5.41, 5.74) is 1.72. The molecule has 2 aliphatic rings. The summed E-state index contributed by atoms with van der Waals surface area (Å²) in [7, 11) is 0. The molecule has 2 aliphatic heterocycles. The van der Waals surface area contributed by atoms with Crippen LogP contribution in [-0.2, 0) is 6.54 Å². The Kier molecular flexibility index (Phi) is 4.90. The first kappa shape index (κ1) is 16.8. The molecule has 1 atom stereocenters. The number of carbonyl (C=O) groups excluding carboxylic acids is 1. The molecule has 25 heavy (non-hydrogen) atoms. The summed E-state index contributed by atoms with van der Waals surface area (Å²) in [5.74, 6) is 0.116. The van der Waals surface area contributed by atoms with E-state index in [9.17, 15) is 4.79 Å². The Balaban J connectivity index is 1.62. The molecule has 1 saturated heterocycles. The van der Waals surface area contributed by atoms with Crippen molar-refractivity contribution in [1.82, 2.24) is 19.2 Å². The van der Waals surface area contributed by atoms with Crippen LogP contribution in [-0.4, -0.2) is 50.8 Å². The molecule has 0 bridgehead atoms. The lowest BCUT2D eigenvalue weighted by atomic mass is 10.1. The lowest BCUT2D eigenvalue weighted by molar-refractivity contribution is 0.0716. The van der Waals surface area contributed by atoms with Gasteiger partial charge in [0.05, 0.1) is 5.69 Å². The van der Waals surface area contributed by atoms with Crippen LogP contribution < -0.4 is 0 Å². The SMILES string of the molecule is CCC[C@H]1C=CCN1Cc1c(C(=O)N2CCCCC2)nc2sccn12. The molecule has 0 unspecified atom stereocenters. The van der Waals surface area contributed by atoms with Crippen LogP contribution >= 0.6 is 11.3 Å². The molecule has 0 saturated carbocycles. The molecule has 134 valence electrons. The van der Waals surface area contributed by atoms with E-state index in [1.807, 2.05) is 16.5 Å². The van der Waals surface area contributed by atoms with Crippen molar-refractivity contribution in [3.63, 3.8) is 0 Å². The molecule has 2 aromatic heterocycles. The first-order valence-corrected chi connectivity index (χ1v) is 10.3. The molecule has 0 N–H and O–H groups in total. The van der Waals surface area contributed by atoms with Gasteiger partial charge in [-0.2, -0.15) is 0 Å². The topological polar surface area (TPSA) is 40.9 Å². The van der Waals surface area contributed by atoms with Crippen LogP contribution in [0.2, 0.25) is 0 Å². The average molecular weight is 359 g/mol. The minimum absolute atomic E-state index is 0.116. The Morgan fingerprint density at radius 2 is 2.16 bits per heavy atom. The van der Waals surface area contributed by atoms with Gasteiger partial charge in [0.2, 0.25) is 0 Å². The Bertz CT molecular complexity index is 772. The zero-order valence-corrected chi connectivity index (χ0v) is 15.7. The predicted octanol–water partition coefficient (Wildman–Crippen LogP) is 3.56. The average Bonchev–Trinajstić information content (AvgIpc) is 3.34. The summed E-state index contributed by atoms with van der Waals surface area (Å²) in [5, 5.41) is 2.05. The van der Waals surface area contributed by atoms with E-state index in [-0.39, 0.29) is 5.91 Å². The Labute approximate surface area is 152 Å². The van der Waals surface area contributed by atoms with Crippen molar-refractivity contribution in [2.75, 3.05) is 19.6 Å². The molecule has 2 aromatic rings. The van der Waals surface area contributed by atoms with Crippen LogP contribution in [0.4, 0.5) is 0 Å². The third-order valence-electron chi connectivity index (χ3n) is 5.31. The third kappa shape index (κ3) is 3.25. The summed E-state index contributed by atoms with van der Waals surface area (Å²) in [6.07, 6.45) is 12.4. The van der Waals surface area contributed by atoms with Gasteiger partial charge in [0.15, 0.2) is 10.7 Å². The van der Waals surface area contributed by atoms with Crippen LogP contribution in [0.25, 0.3) is 4.96 Å². The molecule has 5 nitrogen and oxygen atoms in total. The molecule has 1 amide bonds. The van der Waals surface area contributed by atoms with Crippen molar-refractivity contribution >= 4 is 22.2 Å². The van der Waals surface area contributed by atoms with E-state index in [1.165, 1.54) is 12.8 Å². The fourth-order valence-corrected chi connectivity index (χ4v) is 4.69. The second-order valence-corrected chi connectivity index (χ2v) is 7.90. The molecule has 0 spiro atoms. The maximum absolute atomic E-state index is 13.1. The number of carbonyl (C=O) groups is 1. The maximum atomic E-state index is 13.1. The highest BCUT2D eigenvalue weighted by molar-refractivity contribution is 7.15. The number of rotatable bonds is 5. The van der Waals surface area contributed by atoms with E-state index < -0.39 is 0 Å². The first-order chi connectivity index (χ1) is 12.3. The van der Waals surface area contributed by atoms with Crippen molar-refractivity contribution in [3.05, 3.63) is 35.1 Å². The number of imidazole rings is 1. The normalized spacial score (nSPS) is 21.5. The van der Waals surface area contributed by atoms with E-state index in [4.69, 9.17) is 4.98 Å². The van der Waals surface area contributed by atoms with Crippen molar-refractivity contribution in [1.29, 1.82) is 0 Å². The van der Waals surface area contributed by atoms with Crippen molar-refractivity contribution < 1.29 is 4.79 Å². The molecule has 6 heteroatoms. The summed E-state index contributed by atoms with van der Waals surface area (Å²) < 4.78 is 2.11. The number of likely N-dealkylation sites (tertiary alicyclic amines) is 1. The minimum atomic E-state index is 0.116. The smallest absolute Gasteiger partial charge is 0.274 e. The molecule has 4 heterocycles. The summed E-state index contributed by atoms with van der Waals surface area (Å²) in [6, 6.07) is 0.479. The van der Waals surface area contributed by atoms with Crippen molar-refractivity contribution in [3.8, 4) is 0 Å². The number of fused-ring (bicyclic) bond motifs is 1. The summed E-state index contributed by atoms with van der Waals surface area (Å²) >= 11 is 1.60. The van der Waals surface area contributed by atoms with E-state index >= 15 is 0 Å². The van der Waals surface area contributed by atoms with E-state index in [0.29, 0.717) is 11.7 Å². The summed E-state index contributed by atoms with van der Waals surface area (Å²) in [4.78, 5) is 23.2. The number of hydrogen-bond donors (Lipinski definition) is 0. The second kappa shape index (κ2) is 7.30. The highest BCUT2D eigenvalue weighted by Gasteiger charge is 2.28. The number of aromatic nitrogens is 2. The number of hydrogen-bond acceptors (Lipinski definition) is 4. The van der Waals surface area contributed by atoms with Gasteiger partial charge in [-0.25, -0.2) is 4.98 Å². The van der Waals surface area contributed by atoms with Crippen molar-refractivity contribution in [2.45, 2.75) is 51.6 Å². The summed E-state index contributed by atoms with van der Waals surface area (Å²) in [6.45, 7) is 5.70. The van der Waals surface area contributed by atoms with Crippen LogP contribution in [0, 0.1) is 0 Å². The Morgan fingerprint density at radius 1 is 1.32 bits per heavy atom. The van der Waals surface area contributed by atoms with E-state index in [0.717, 1.165) is 56.1 Å². The van der Waals surface area contributed by atoms with Gasteiger partial charge in [-0.05, 0) is 25.7 Å². The first-order valence-electron chi connectivity index (χ1n) is 9.42. The molecule has 4 rings (SSSR count). The molecule has 0 radical (unpaired) electrons. The van der Waals surface area contributed by atoms with Gasteiger partial charge in [0, 0.05) is 43.8 Å². The highest BCUT2D eigenvalue weighted by atomic mass is 32.1. The lowest BCUT2D eigenvalue weighted by Crippen LogP contribution is -2.37. The van der Waals surface area contributed by atoms with Crippen LogP contribution in [0.3, 0.4) is 0 Å². The van der Waals surface area contributed by atoms with Crippen molar-refractivity contribution in [2.24, 2.45) is 0 Å². The lowest BCUT2D eigenvalue weighted by Gasteiger charge is -2.27. The van der Waals surface area contributed by atoms with Gasteiger partial charge >= 0.3 is 0 Å². The molecule has 1 fully saturated rings. The Hall–Kier alpha value is -1.66. The highest BCUT2D eigenvalue weighted by Crippen LogP contribution is 2.25. The van der Waals surface area contributed by atoms with Gasteiger partial charge in [-0.1, -0.05) is 25.5 Å². The largest absolute Gasteiger partial charge is 0.337 e. The second-order valence-electron chi connectivity index (χ2n) is 7.03. The maximum Gasteiger partial charge on any atom is 0.274 e. The van der Waals surface area contributed by atoms with Gasteiger partial charge in [-0.3, -0.25) is 14.1 Å². The quantitative estimate of drug-likeness (QED) is 0.768. The van der Waals surface area contributed by atoms with Crippen LogP contribution in [0.15, 0.2) is 23.7 Å². The van der Waals surface area contributed by atoms with E-state index in [1.54, 1.807) is 11.3 Å². The molecular weight excluding hydrogens is 332 g/mol. The monoisotopic (exact) mass is 358 g/mol. The van der Waals surface area contributed by atoms with Gasteiger partial charge in [0.1, 0.15) is 0 Å². The van der Waals surface area contributed by atoms with Gasteiger partial charge in [-0.15, -0.1) is 11.3 Å². The molecule has 0 aliphatic carbocycles. The van der Waals surface area contributed by atoms with Gasteiger partial charge < -0.3 is 4.90 Å². The standard InChI is InChI=1S/C19H26N4OS/c1-2-7-15-8-6-11-22(15)14-16-17(20-19-23(16)12-13-25-19)18(24)21-9-4-3-5-10-21/h6,8,12-13,15H,2-5,7,9-11,14H2,1H3/t15-/m0/s1. The third-order valence-corrected chi connectivity index (χ3v) is 6.07. The minimum Gasteiger partial charge on any atom is -0.337 e. The number of thiazole rings is 1. The van der Waals surface area contributed by atoms with Crippen LogP contribution in [0.5, 0.6) is 0 Å². The fourth-order valence-electron chi connectivity index (χ4n) is 3.96. The molecular formula is C19H26N4OS. The zero-order valence-electron chi connectivity index (χ0n) is 14.9. The zero-order chi connectivity index (χ0) is 17.2. The molecule has 0 aromatic carbocycles. The fraction of sp³-hybridized carbons (Fsp3) is 0.579. The van der Waals surface area contributed by atoms with E-state index in [2.05, 4.69) is 28.4 Å². The van der Waals surface area contributed by atoms with Crippen LogP contribution in [0.1, 0.15) is 55.2 Å². The number of nitrogens with zero attached hydrogens (tertiary/aromatic N) is 4. The number of amides is 1. The Morgan fingerprint density at radius 3 is 2.96 bits per heavy atom. The predicted molar refractivity (Wildman–Crippen MR) is 101 cm³/mol. The number of piperidine rings is 1.